The maximum atomic E-state index is 13.8. The van der Waals surface area contributed by atoms with Gasteiger partial charge in [-0.1, -0.05) is 13.8 Å². The fraction of sp³-hybridized carbons (Fsp3) is 0.429. The van der Waals surface area contributed by atoms with E-state index in [-0.39, 0.29) is 40.6 Å². The van der Waals surface area contributed by atoms with Gasteiger partial charge in [0.25, 0.3) is 17.4 Å². The second-order valence-corrected chi connectivity index (χ2v) is 13.8. The van der Waals surface area contributed by atoms with Gasteiger partial charge < -0.3 is 24.6 Å². The monoisotopic (exact) mass is 652 g/mol. The zero-order valence-electron chi connectivity index (χ0n) is 27.9. The second kappa shape index (κ2) is 12.0. The van der Waals surface area contributed by atoms with Crippen LogP contribution < -0.4 is 15.8 Å². The number of hydrogen-bond donors (Lipinski definition) is 2. The van der Waals surface area contributed by atoms with Gasteiger partial charge in [-0.15, -0.1) is 0 Å². The van der Waals surface area contributed by atoms with Gasteiger partial charge in [-0.2, -0.15) is 5.10 Å². The number of carbonyl (C=O) groups is 2. The first kappa shape index (κ1) is 31.7. The van der Waals surface area contributed by atoms with Gasteiger partial charge in [0.2, 0.25) is 0 Å². The molecule has 0 bridgehead atoms. The molecule has 48 heavy (non-hydrogen) atoms. The lowest BCUT2D eigenvalue weighted by Gasteiger charge is -2.38. The number of ether oxygens (including phenoxy) is 1. The van der Waals surface area contributed by atoms with Crippen LogP contribution in [0.1, 0.15) is 65.4 Å². The Balaban J connectivity index is 1.16. The van der Waals surface area contributed by atoms with Crippen molar-refractivity contribution in [1.82, 2.24) is 29.2 Å². The number of amides is 2. The Morgan fingerprint density at radius 2 is 1.83 bits per heavy atom. The minimum Gasteiger partial charge on any atom is -0.392 e. The summed E-state index contributed by atoms with van der Waals surface area (Å²) in [6, 6.07) is 8.54. The molecule has 13 nitrogen and oxygen atoms in total. The minimum atomic E-state index is -0.390. The lowest BCUT2D eigenvalue weighted by molar-refractivity contribution is -0.0249. The number of aliphatic hydroxyl groups is 1. The van der Waals surface area contributed by atoms with Crippen molar-refractivity contribution >= 4 is 29.1 Å². The third-order valence-electron chi connectivity index (χ3n) is 9.59. The second-order valence-electron chi connectivity index (χ2n) is 13.8. The fourth-order valence-electron chi connectivity index (χ4n) is 7.34. The highest BCUT2D eigenvalue weighted by atomic mass is 16.5. The molecule has 1 saturated heterocycles. The van der Waals surface area contributed by atoms with Crippen LogP contribution in [0.3, 0.4) is 0 Å². The number of rotatable bonds is 6. The zero-order chi connectivity index (χ0) is 33.9. The van der Waals surface area contributed by atoms with Crippen LogP contribution in [0.15, 0.2) is 47.5 Å². The number of nitrogens with one attached hydrogen (secondary N) is 1. The third-order valence-corrected chi connectivity index (χ3v) is 9.59. The van der Waals surface area contributed by atoms with Crippen molar-refractivity contribution in [3.8, 4) is 11.3 Å². The summed E-state index contributed by atoms with van der Waals surface area (Å²) in [5.41, 5.74) is 4.92. The molecule has 13 heteroatoms. The molecule has 1 fully saturated rings. The van der Waals surface area contributed by atoms with Gasteiger partial charge in [0.05, 0.1) is 43.2 Å². The Morgan fingerprint density at radius 1 is 1.06 bits per heavy atom. The van der Waals surface area contributed by atoms with Crippen LogP contribution in [0.25, 0.3) is 11.3 Å². The summed E-state index contributed by atoms with van der Waals surface area (Å²) >= 11 is 0. The molecule has 0 spiro atoms. The third kappa shape index (κ3) is 5.46. The maximum absolute atomic E-state index is 13.8. The van der Waals surface area contributed by atoms with E-state index in [1.54, 1.807) is 42.4 Å². The zero-order valence-corrected chi connectivity index (χ0v) is 27.9. The average Bonchev–Trinajstić information content (AvgIpc) is 3.55. The SMILES string of the molecule is CC1COCC(C)N1C(=O)c1ccc(Nc2cc(-c3ccnc(N4CCn5c(cc6c5CC(C)(C)C6)C4=O)c3CO)nn(C)c2=O)nc1. The van der Waals surface area contributed by atoms with Crippen molar-refractivity contribution in [3.05, 3.63) is 81.2 Å². The van der Waals surface area contributed by atoms with Gasteiger partial charge in [0.1, 0.15) is 23.0 Å². The summed E-state index contributed by atoms with van der Waals surface area (Å²) in [4.78, 5) is 52.6. The molecular formula is C35H40N8O5. The number of aromatic nitrogens is 5. The Hall–Kier alpha value is -4.88. The molecule has 3 aliphatic rings. The van der Waals surface area contributed by atoms with Gasteiger partial charge in [-0.25, -0.2) is 14.6 Å². The van der Waals surface area contributed by atoms with Crippen molar-refractivity contribution in [2.24, 2.45) is 12.5 Å². The number of morpholine rings is 1. The highest BCUT2D eigenvalue weighted by Crippen LogP contribution is 2.40. The Labute approximate surface area is 278 Å². The molecule has 250 valence electrons. The lowest BCUT2D eigenvalue weighted by Crippen LogP contribution is -2.52. The smallest absolute Gasteiger partial charge is 0.290 e. The van der Waals surface area contributed by atoms with Gasteiger partial charge in [0.15, 0.2) is 0 Å². The van der Waals surface area contributed by atoms with Crippen LogP contribution in [-0.2, 0) is 37.8 Å². The highest BCUT2D eigenvalue weighted by molar-refractivity contribution is 6.06. The van der Waals surface area contributed by atoms with Crippen LogP contribution in [-0.4, -0.2) is 78.0 Å². The number of aliphatic hydroxyl groups excluding tert-OH is 1. The van der Waals surface area contributed by atoms with E-state index in [4.69, 9.17) is 4.74 Å². The molecule has 2 N–H and O–H groups in total. The van der Waals surface area contributed by atoms with E-state index in [1.165, 1.54) is 22.1 Å². The first-order valence-corrected chi connectivity index (χ1v) is 16.3. The molecule has 0 aromatic carbocycles. The fourth-order valence-corrected chi connectivity index (χ4v) is 7.34. The number of hydrogen-bond acceptors (Lipinski definition) is 9. The van der Waals surface area contributed by atoms with Crippen LogP contribution in [0.4, 0.5) is 17.3 Å². The standard InChI is InChI=1S/C35H40N8O5/c1-20-18-48-19-21(2)43(20)32(45)22-6-7-30(37-16-22)38-27-13-26(39-40(5)33(27)46)24-8-9-36-31(25(24)17-44)42-11-10-41-28(34(42)47)12-23-14-35(3,4)15-29(23)41/h6-9,12-13,16,20-21,44H,10-11,14-15,17-19H2,1-5H3,(H,37,38). The van der Waals surface area contributed by atoms with Crippen molar-refractivity contribution in [1.29, 1.82) is 0 Å². The molecule has 6 heterocycles. The molecule has 2 amide bonds. The van der Waals surface area contributed by atoms with Gasteiger partial charge >= 0.3 is 0 Å². The molecule has 4 aromatic heterocycles. The van der Waals surface area contributed by atoms with E-state index in [9.17, 15) is 19.5 Å². The van der Waals surface area contributed by atoms with E-state index in [0.29, 0.717) is 66.0 Å². The summed E-state index contributed by atoms with van der Waals surface area (Å²) in [7, 11) is 1.54. The number of aryl methyl sites for hydroxylation is 1. The minimum absolute atomic E-state index is 0.0531. The molecule has 0 radical (unpaired) electrons. The van der Waals surface area contributed by atoms with Crippen molar-refractivity contribution in [2.75, 3.05) is 30.0 Å². The molecule has 2 atom stereocenters. The van der Waals surface area contributed by atoms with E-state index in [2.05, 4.69) is 38.8 Å². The number of nitrogens with zero attached hydrogens (tertiary/aromatic N) is 7. The number of pyridine rings is 2. The van der Waals surface area contributed by atoms with Crippen molar-refractivity contribution in [3.63, 3.8) is 0 Å². The van der Waals surface area contributed by atoms with Crippen LogP contribution in [0.5, 0.6) is 0 Å². The Bertz CT molecular complexity index is 1970. The van der Waals surface area contributed by atoms with Crippen molar-refractivity contribution < 1.29 is 19.4 Å². The number of carbonyl (C=O) groups excluding carboxylic acids is 2. The molecule has 2 aliphatic heterocycles. The summed E-state index contributed by atoms with van der Waals surface area (Å²) in [6.07, 6.45) is 4.95. The quantitative estimate of drug-likeness (QED) is 0.320. The van der Waals surface area contributed by atoms with Gasteiger partial charge in [-0.3, -0.25) is 19.3 Å². The summed E-state index contributed by atoms with van der Waals surface area (Å²) in [5.74, 6) is 0.454. The van der Waals surface area contributed by atoms with E-state index in [0.717, 1.165) is 12.8 Å². The summed E-state index contributed by atoms with van der Waals surface area (Å²) in [6.45, 7) is 10.0. The first-order valence-electron chi connectivity index (χ1n) is 16.3. The summed E-state index contributed by atoms with van der Waals surface area (Å²) in [5, 5.41) is 18.2. The van der Waals surface area contributed by atoms with Crippen LogP contribution in [0.2, 0.25) is 0 Å². The molecule has 2 unspecified atom stereocenters. The van der Waals surface area contributed by atoms with E-state index >= 15 is 0 Å². The lowest BCUT2D eigenvalue weighted by atomic mass is 9.90. The first-order chi connectivity index (χ1) is 23.0. The molecular weight excluding hydrogens is 612 g/mol. The number of anilines is 3. The molecule has 7 rings (SSSR count). The maximum Gasteiger partial charge on any atom is 0.290 e. The summed E-state index contributed by atoms with van der Waals surface area (Å²) < 4.78 is 8.90. The largest absolute Gasteiger partial charge is 0.392 e. The van der Waals surface area contributed by atoms with Crippen molar-refractivity contribution in [2.45, 2.75) is 65.8 Å². The highest BCUT2D eigenvalue weighted by Gasteiger charge is 2.38. The van der Waals surface area contributed by atoms with E-state index < -0.39 is 6.61 Å². The topological polar surface area (TPSA) is 148 Å². The predicted molar refractivity (Wildman–Crippen MR) is 179 cm³/mol. The molecule has 0 saturated carbocycles. The number of fused-ring (bicyclic) bond motifs is 3. The van der Waals surface area contributed by atoms with Crippen LogP contribution in [0, 0.1) is 5.41 Å². The van der Waals surface area contributed by atoms with Gasteiger partial charge in [-0.05, 0) is 68.0 Å². The average molecular weight is 653 g/mol. The Kier molecular flexibility index (Phi) is 7.91. The van der Waals surface area contributed by atoms with Gasteiger partial charge in [0, 0.05) is 49.4 Å². The Morgan fingerprint density at radius 3 is 2.54 bits per heavy atom. The van der Waals surface area contributed by atoms with Crippen LogP contribution >= 0.6 is 0 Å². The van der Waals surface area contributed by atoms with E-state index in [1.807, 2.05) is 24.8 Å². The normalized spacial score (nSPS) is 20.1. The molecule has 4 aromatic rings. The molecule has 1 aliphatic carbocycles. The predicted octanol–water partition coefficient (Wildman–Crippen LogP) is 3.31.